The zero-order chi connectivity index (χ0) is 23.8. The van der Waals surface area contributed by atoms with E-state index in [1.807, 2.05) is 0 Å². The number of carbonyl (C=O) groups excluding carboxylic acids is 1. The van der Waals surface area contributed by atoms with Gasteiger partial charge in [0.15, 0.2) is 11.6 Å². The number of carbonyl (C=O) groups is 1. The highest BCUT2D eigenvalue weighted by molar-refractivity contribution is 7.89. The van der Waals surface area contributed by atoms with Gasteiger partial charge in [-0.3, -0.25) is 0 Å². The van der Waals surface area contributed by atoms with E-state index < -0.39 is 33.5 Å². The van der Waals surface area contributed by atoms with E-state index in [9.17, 15) is 26.4 Å². The summed E-state index contributed by atoms with van der Waals surface area (Å²) < 4.78 is 68.4. The lowest BCUT2D eigenvalue weighted by molar-refractivity contribution is 0.170. The topological polar surface area (TPSA) is 95.7 Å². The van der Waals surface area contributed by atoms with Gasteiger partial charge >= 0.3 is 6.03 Å². The minimum absolute atomic E-state index is 0.0255. The summed E-state index contributed by atoms with van der Waals surface area (Å²) in [5.41, 5.74) is 6.34. The van der Waals surface area contributed by atoms with Gasteiger partial charge in [-0.15, -0.1) is 0 Å². The third kappa shape index (κ3) is 5.30. The van der Waals surface area contributed by atoms with E-state index in [0.717, 1.165) is 31.7 Å². The summed E-state index contributed by atoms with van der Waals surface area (Å²) in [6, 6.07) is 0.285. The molecule has 0 aromatic heterocycles. The molecule has 3 aliphatic rings. The van der Waals surface area contributed by atoms with Crippen molar-refractivity contribution in [2.24, 2.45) is 11.7 Å². The van der Waals surface area contributed by atoms with Crippen LogP contribution >= 0.6 is 0 Å². The summed E-state index contributed by atoms with van der Waals surface area (Å²) in [6.07, 6.45) is 4.54. The van der Waals surface area contributed by atoms with Crippen molar-refractivity contribution < 1.29 is 26.4 Å². The Kier molecular flexibility index (Phi) is 7.20. The molecular weight excluding hydrogens is 457 g/mol. The number of piperidine rings is 1. The molecule has 0 aliphatic carbocycles. The number of nitrogens with one attached hydrogen (secondary N) is 1. The summed E-state index contributed by atoms with van der Waals surface area (Å²) in [5.74, 6) is -3.38. The molecule has 0 radical (unpaired) electrons. The van der Waals surface area contributed by atoms with Gasteiger partial charge in [0.25, 0.3) is 0 Å². The van der Waals surface area contributed by atoms with Crippen molar-refractivity contribution in [3.05, 3.63) is 35.1 Å². The number of likely N-dealkylation sites (tertiary alicyclic amines) is 1. The molecule has 2 bridgehead atoms. The Morgan fingerprint density at radius 2 is 1.67 bits per heavy atom. The van der Waals surface area contributed by atoms with Gasteiger partial charge in [0.05, 0.1) is 5.75 Å². The Morgan fingerprint density at radius 3 is 2.30 bits per heavy atom. The van der Waals surface area contributed by atoms with E-state index in [1.54, 1.807) is 9.21 Å². The first-order valence-electron chi connectivity index (χ1n) is 11.6. The Bertz CT molecular complexity index is 973. The van der Waals surface area contributed by atoms with Crippen molar-refractivity contribution in [1.82, 2.24) is 14.5 Å². The van der Waals surface area contributed by atoms with Gasteiger partial charge in [-0.05, 0) is 62.5 Å². The Hall–Kier alpha value is -1.85. The van der Waals surface area contributed by atoms with Crippen molar-refractivity contribution >= 4 is 16.1 Å². The second-order valence-corrected chi connectivity index (χ2v) is 11.4. The van der Waals surface area contributed by atoms with Gasteiger partial charge in [0, 0.05) is 43.8 Å². The maximum atomic E-state index is 14.0. The van der Waals surface area contributed by atoms with E-state index >= 15 is 0 Å². The van der Waals surface area contributed by atoms with E-state index in [4.69, 9.17) is 5.73 Å². The van der Waals surface area contributed by atoms with E-state index in [1.165, 1.54) is 0 Å². The number of nitrogens with zero attached hydrogens (tertiary/aromatic N) is 2. The lowest BCUT2D eigenvalue weighted by Crippen LogP contribution is -2.52. The number of rotatable bonds is 7. The van der Waals surface area contributed by atoms with Crippen molar-refractivity contribution in [3.63, 3.8) is 0 Å². The van der Waals surface area contributed by atoms with Gasteiger partial charge in [-0.25, -0.2) is 26.4 Å². The average molecular weight is 489 g/mol. The van der Waals surface area contributed by atoms with Crippen LogP contribution in [0.5, 0.6) is 0 Å². The lowest BCUT2D eigenvalue weighted by Gasteiger charge is -2.40. The molecule has 1 aromatic rings. The van der Waals surface area contributed by atoms with Gasteiger partial charge in [-0.2, -0.15) is 4.31 Å². The molecule has 4 rings (SSSR count). The summed E-state index contributed by atoms with van der Waals surface area (Å²) in [7, 11) is -3.56. The predicted octanol–water partition coefficient (Wildman–Crippen LogP) is 2.35. The summed E-state index contributed by atoms with van der Waals surface area (Å²) in [5, 5.41) is 2.71. The molecule has 0 unspecified atom stereocenters. The molecule has 0 saturated carbocycles. The molecule has 3 N–H and O–H groups in total. The normalized spacial score (nSPS) is 26.5. The van der Waals surface area contributed by atoms with Gasteiger partial charge in [0.1, 0.15) is 5.82 Å². The van der Waals surface area contributed by atoms with Crippen molar-refractivity contribution in [2.75, 3.05) is 25.4 Å². The maximum Gasteiger partial charge on any atom is 0.317 e. The fourth-order valence-corrected chi connectivity index (χ4v) is 7.41. The summed E-state index contributed by atoms with van der Waals surface area (Å²) in [6.45, 7) is 1.46. The van der Waals surface area contributed by atoms with Crippen LogP contribution in [0.2, 0.25) is 0 Å². The molecule has 3 saturated heterocycles. The molecule has 3 aliphatic heterocycles. The highest BCUT2D eigenvalue weighted by Gasteiger charge is 2.47. The fourth-order valence-electron chi connectivity index (χ4n) is 5.55. The first kappa shape index (κ1) is 24.3. The number of amides is 2. The lowest BCUT2D eigenvalue weighted by atomic mass is 9.83. The number of benzene rings is 1. The van der Waals surface area contributed by atoms with Crippen molar-refractivity contribution in [3.8, 4) is 0 Å². The highest BCUT2D eigenvalue weighted by atomic mass is 32.2. The Balaban J connectivity index is 1.33. The second kappa shape index (κ2) is 9.79. The van der Waals surface area contributed by atoms with Crippen LogP contribution in [0.1, 0.15) is 44.1 Å². The van der Waals surface area contributed by atoms with Crippen LogP contribution in [0.3, 0.4) is 0 Å². The third-order valence-electron chi connectivity index (χ3n) is 7.20. The number of hydrogen-bond acceptors (Lipinski definition) is 4. The van der Waals surface area contributed by atoms with Crippen LogP contribution in [-0.4, -0.2) is 67.2 Å². The number of hydrogen-bond donors (Lipinski definition) is 2. The molecule has 0 spiro atoms. The molecule has 4 atom stereocenters. The molecular formula is C22H31F3N4O3S. The summed E-state index contributed by atoms with van der Waals surface area (Å²) >= 11 is 0. The zero-order valence-electron chi connectivity index (χ0n) is 18.5. The Morgan fingerprint density at radius 1 is 1.06 bits per heavy atom. The molecule has 33 heavy (non-hydrogen) atoms. The number of nitrogens with two attached hydrogens (primary N) is 1. The van der Waals surface area contributed by atoms with Gasteiger partial charge in [-0.1, -0.05) is 0 Å². The molecule has 11 heteroatoms. The van der Waals surface area contributed by atoms with E-state index in [0.29, 0.717) is 32.0 Å². The summed E-state index contributed by atoms with van der Waals surface area (Å²) in [4.78, 5) is 13.8. The highest BCUT2D eigenvalue weighted by Crippen LogP contribution is 2.42. The SMILES string of the molecule is N[C@H](Cc1cc(F)c(F)cc1F)[C@@H]1C[C@H]2CC[C@@H](C1)N2S(=O)(=O)CCNC(=O)N1CCCC1. The minimum atomic E-state index is -3.56. The zero-order valence-corrected chi connectivity index (χ0v) is 19.3. The first-order valence-corrected chi connectivity index (χ1v) is 13.2. The first-order chi connectivity index (χ1) is 15.7. The minimum Gasteiger partial charge on any atom is -0.337 e. The van der Waals surface area contributed by atoms with Crippen LogP contribution in [0, 0.1) is 23.4 Å². The van der Waals surface area contributed by atoms with Crippen molar-refractivity contribution in [2.45, 2.75) is 63.1 Å². The standard InChI is InChI=1S/C22H31F3N4O3S/c23-18-13-20(25)19(24)11-14(18)12-21(26)15-9-16-3-4-17(10-15)29(16)33(31,32)8-5-27-22(30)28-6-1-2-7-28/h11,13,15-17,21H,1-10,12,26H2,(H,27,30)/t15-,16-,17+,21-/m1/s1. The van der Waals surface area contributed by atoms with Crippen LogP contribution in [0.25, 0.3) is 0 Å². The third-order valence-corrected chi connectivity index (χ3v) is 9.16. The number of sulfonamides is 1. The molecule has 1 aromatic carbocycles. The largest absolute Gasteiger partial charge is 0.337 e. The van der Waals surface area contributed by atoms with Crippen LogP contribution in [0.4, 0.5) is 18.0 Å². The van der Waals surface area contributed by atoms with E-state index in [2.05, 4.69) is 5.32 Å². The molecule has 3 heterocycles. The van der Waals surface area contributed by atoms with Crippen LogP contribution < -0.4 is 11.1 Å². The van der Waals surface area contributed by atoms with Crippen molar-refractivity contribution in [1.29, 1.82) is 0 Å². The van der Waals surface area contributed by atoms with Crippen LogP contribution in [-0.2, 0) is 16.4 Å². The van der Waals surface area contributed by atoms with Gasteiger partial charge < -0.3 is 16.0 Å². The number of urea groups is 1. The second-order valence-electron chi connectivity index (χ2n) is 9.41. The average Bonchev–Trinajstić information content (AvgIpc) is 3.39. The molecule has 184 valence electrons. The monoisotopic (exact) mass is 488 g/mol. The van der Waals surface area contributed by atoms with Crippen LogP contribution in [0.15, 0.2) is 12.1 Å². The molecule has 7 nitrogen and oxygen atoms in total. The molecule has 2 amide bonds. The Labute approximate surface area is 192 Å². The van der Waals surface area contributed by atoms with Gasteiger partial charge in [0.2, 0.25) is 10.0 Å². The maximum absolute atomic E-state index is 14.0. The van der Waals surface area contributed by atoms with E-state index in [-0.39, 0.29) is 48.3 Å². The fraction of sp³-hybridized carbons (Fsp3) is 0.682. The number of fused-ring (bicyclic) bond motifs is 2. The molecule has 3 fully saturated rings. The predicted molar refractivity (Wildman–Crippen MR) is 117 cm³/mol. The quantitative estimate of drug-likeness (QED) is 0.576. The number of halogens is 3. The smallest absolute Gasteiger partial charge is 0.317 e.